The van der Waals surface area contributed by atoms with E-state index in [1.54, 1.807) is 13.3 Å². The molecule has 0 aliphatic rings. The Labute approximate surface area is 75.7 Å². The van der Waals surface area contributed by atoms with Gasteiger partial charge in [-0.3, -0.25) is 4.99 Å². The molecular formula is C10H19NO. The molecule has 70 valence electrons. The summed E-state index contributed by atoms with van der Waals surface area (Å²) in [7, 11) is 1.64. The van der Waals surface area contributed by atoms with Crippen LogP contribution in [0.1, 0.15) is 27.7 Å². The highest BCUT2D eigenvalue weighted by Gasteiger charge is 1.89. The van der Waals surface area contributed by atoms with E-state index in [2.05, 4.69) is 11.6 Å². The lowest BCUT2D eigenvalue weighted by Gasteiger charge is -1.99. The number of nitrogens with zero attached hydrogens (tertiary/aromatic N) is 1. The van der Waals surface area contributed by atoms with Crippen LogP contribution in [0, 0.1) is 0 Å². The molecule has 0 N–H and O–H groups in total. The molecule has 0 aromatic rings. The van der Waals surface area contributed by atoms with E-state index in [4.69, 9.17) is 4.74 Å². The standard InChI is InChI=1S/C8H13NO.C2H6/c1-5-9-6-7(2)8(3)10-4;1-2/h5-6H,1H2,2-4H3;1-2H3/b8-7+,9-6?;. The number of aliphatic imine (C=N–C) groups is 1. The molecule has 0 aromatic heterocycles. The van der Waals surface area contributed by atoms with E-state index < -0.39 is 0 Å². The van der Waals surface area contributed by atoms with E-state index in [-0.39, 0.29) is 0 Å². The summed E-state index contributed by atoms with van der Waals surface area (Å²) in [6, 6.07) is 0. The van der Waals surface area contributed by atoms with Crippen LogP contribution in [0.3, 0.4) is 0 Å². The summed E-state index contributed by atoms with van der Waals surface area (Å²) in [4.78, 5) is 3.84. The molecule has 0 amide bonds. The largest absolute Gasteiger partial charge is 0.501 e. The first-order chi connectivity index (χ1) is 5.72. The minimum absolute atomic E-state index is 0.880. The second kappa shape index (κ2) is 9.95. The van der Waals surface area contributed by atoms with Gasteiger partial charge in [-0.15, -0.1) is 0 Å². The number of ether oxygens (including phenoxy) is 1. The summed E-state index contributed by atoms with van der Waals surface area (Å²) in [5.41, 5.74) is 1.02. The molecule has 0 bridgehead atoms. The lowest BCUT2D eigenvalue weighted by molar-refractivity contribution is 0.291. The van der Waals surface area contributed by atoms with E-state index >= 15 is 0 Å². The topological polar surface area (TPSA) is 21.6 Å². The van der Waals surface area contributed by atoms with Gasteiger partial charge in [0.1, 0.15) is 0 Å². The average Bonchev–Trinajstić information content (AvgIpc) is 2.16. The number of methoxy groups -OCH3 is 1. The van der Waals surface area contributed by atoms with Gasteiger partial charge in [-0.25, -0.2) is 0 Å². The van der Waals surface area contributed by atoms with Crippen LogP contribution in [-0.2, 0) is 4.74 Å². The van der Waals surface area contributed by atoms with Gasteiger partial charge in [0.05, 0.1) is 12.9 Å². The first kappa shape index (κ1) is 13.5. The van der Waals surface area contributed by atoms with Crippen molar-refractivity contribution in [2.75, 3.05) is 7.11 Å². The van der Waals surface area contributed by atoms with E-state index in [9.17, 15) is 0 Å². The Hall–Kier alpha value is -1.05. The highest BCUT2D eigenvalue weighted by molar-refractivity contribution is 5.78. The highest BCUT2D eigenvalue weighted by Crippen LogP contribution is 1.99. The second-order valence-corrected chi connectivity index (χ2v) is 1.90. The molecule has 2 heteroatoms. The predicted molar refractivity (Wildman–Crippen MR) is 55.4 cm³/mol. The quantitative estimate of drug-likeness (QED) is 0.469. The molecule has 0 rings (SSSR count). The number of rotatable bonds is 3. The summed E-state index contributed by atoms with van der Waals surface area (Å²) in [5, 5.41) is 0. The predicted octanol–water partition coefficient (Wildman–Crippen LogP) is 3.17. The van der Waals surface area contributed by atoms with Crippen molar-refractivity contribution >= 4 is 6.21 Å². The molecule has 0 spiro atoms. The van der Waals surface area contributed by atoms with E-state index in [0.29, 0.717) is 0 Å². The van der Waals surface area contributed by atoms with Crippen molar-refractivity contribution in [1.29, 1.82) is 0 Å². The molecule has 0 saturated carbocycles. The van der Waals surface area contributed by atoms with Crippen LogP contribution in [-0.4, -0.2) is 13.3 Å². The second-order valence-electron chi connectivity index (χ2n) is 1.90. The summed E-state index contributed by atoms with van der Waals surface area (Å²) in [6.45, 7) is 11.3. The SMILES string of the molecule is C=CN=C/C(C)=C(\C)OC.CC. The van der Waals surface area contributed by atoms with Gasteiger partial charge in [-0.1, -0.05) is 20.4 Å². The fraction of sp³-hybridized carbons (Fsp3) is 0.500. The van der Waals surface area contributed by atoms with Crippen molar-refractivity contribution in [3.05, 3.63) is 24.1 Å². The summed E-state index contributed by atoms with van der Waals surface area (Å²) >= 11 is 0. The van der Waals surface area contributed by atoms with Crippen LogP contribution in [0.15, 0.2) is 29.1 Å². The molecule has 0 fully saturated rings. The van der Waals surface area contributed by atoms with Gasteiger partial charge in [-0.2, -0.15) is 0 Å². The van der Waals surface area contributed by atoms with E-state index in [1.807, 2.05) is 27.7 Å². The maximum atomic E-state index is 4.96. The molecular weight excluding hydrogens is 150 g/mol. The van der Waals surface area contributed by atoms with E-state index in [0.717, 1.165) is 11.3 Å². The number of hydrogen-bond acceptors (Lipinski definition) is 2. The Kier molecular flexibility index (Phi) is 11.2. The van der Waals surface area contributed by atoms with Crippen molar-refractivity contribution < 1.29 is 4.74 Å². The van der Waals surface area contributed by atoms with Crippen LogP contribution >= 0.6 is 0 Å². The molecule has 0 aliphatic carbocycles. The summed E-state index contributed by atoms with van der Waals surface area (Å²) in [5.74, 6) is 0.880. The molecule has 0 heterocycles. The van der Waals surface area contributed by atoms with Crippen molar-refractivity contribution in [3.8, 4) is 0 Å². The molecule has 2 nitrogen and oxygen atoms in total. The Balaban J connectivity index is 0. The molecule has 0 saturated heterocycles. The van der Waals surface area contributed by atoms with Crippen molar-refractivity contribution in [2.45, 2.75) is 27.7 Å². The normalized spacial score (nSPS) is 11.4. The van der Waals surface area contributed by atoms with Crippen LogP contribution < -0.4 is 0 Å². The zero-order valence-corrected chi connectivity index (χ0v) is 8.72. The van der Waals surface area contributed by atoms with Gasteiger partial charge in [-0.05, 0) is 13.8 Å². The molecule has 0 atom stereocenters. The van der Waals surface area contributed by atoms with Crippen molar-refractivity contribution in [3.63, 3.8) is 0 Å². The Bertz CT molecular complexity index is 169. The van der Waals surface area contributed by atoms with Crippen LogP contribution in [0.5, 0.6) is 0 Å². The Morgan fingerprint density at radius 2 is 1.83 bits per heavy atom. The molecule has 0 aliphatic heterocycles. The third-order valence-corrected chi connectivity index (χ3v) is 1.24. The van der Waals surface area contributed by atoms with Crippen LogP contribution in [0.4, 0.5) is 0 Å². The first-order valence-corrected chi connectivity index (χ1v) is 4.08. The molecule has 0 unspecified atom stereocenters. The van der Waals surface area contributed by atoms with Crippen molar-refractivity contribution in [1.82, 2.24) is 0 Å². The smallest absolute Gasteiger partial charge is 0.0968 e. The Morgan fingerprint density at radius 1 is 1.33 bits per heavy atom. The monoisotopic (exact) mass is 169 g/mol. The summed E-state index contributed by atoms with van der Waals surface area (Å²) in [6.07, 6.45) is 3.21. The highest BCUT2D eigenvalue weighted by atomic mass is 16.5. The number of hydrogen-bond donors (Lipinski definition) is 0. The molecule has 0 aromatic carbocycles. The minimum Gasteiger partial charge on any atom is -0.501 e. The lowest BCUT2D eigenvalue weighted by Crippen LogP contribution is -1.87. The van der Waals surface area contributed by atoms with Gasteiger partial charge in [0, 0.05) is 18.0 Å². The third-order valence-electron chi connectivity index (χ3n) is 1.24. The summed E-state index contributed by atoms with van der Waals surface area (Å²) < 4.78 is 4.96. The van der Waals surface area contributed by atoms with Gasteiger partial charge in [0.15, 0.2) is 0 Å². The molecule has 12 heavy (non-hydrogen) atoms. The van der Waals surface area contributed by atoms with Gasteiger partial charge < -0.3 is 4.74 Å². The Morgan fingerprint density at radius 3 is 2.17 bits per heavy atom. The third kappa shape index (κ3) is 7.06. The zero-order chi connectivity index (χ0) is 9.98. The van der Waals surface area contributed by atoms with Gasteiger partial charge >= 0.3 is 0 Å². The van der Waals surface area contributed by atoms with Gasteiger partial charge in [0.25, 0.3) is 0 Å². The maximum absolute atomic E-state index is 4.96. The number of allylic oxidation sites excluding steroid dienone is 2. The minimum atomic E-state index is 0.880. The first-order valence-electron chi connectivity index (χ1n) is 4.08. The van der Waals surface area contributed by atoms with Crippen molar-refractivity contribution in [2.24, 2.45) is 4.99 Å². The fourth-order valence-electron chi connectivity index (χ4n) is 0.416. The zero-order valence-electron chi connectivity index (χ0n) is 8.72. The van der Waals surface area contributed by atoms with Gasteiger partial charge in [0.2, 0.25) is 0 Å². The van der Waals surface area contributed by atoms with Crippen LogP contribution in [0.25, 0.3) is 0 Å². The fourth-order valence-corrected chi connectivity index (χ4v) is 0.416. The average molecular weight is 169 g/mol. The maximum Gasteiger partial charge on any atom is 0.0968 e. The lowest BCUT2D eigenvalue weighted by atomic mass is 10.3. The molecule has 0 radical (unpaired) electrons. The van der Waals surface area contributed by atoms with Crippen LogP contribution in [0.2, 0.25) is 0 Å². The van der Waals surface area contributed by atoms with E-state index in [1.165, 1.54) is 6.20 Å².